The molecule has 0 aliphatic carbocycles. The maximum absolute atomic E-state index is 12.4. The van der Waals surface area contributed by atoms with E-state index in [1.54, 1.807) is 12.4 Å². The Kier molecular flexibility index (Phi) is 3.71. The number of rotatable bonds is 2. The first-order chi connectivity index (χ1) is 11.3. The van der Waals surface area contributed by atoms with Gasteiger partial charge in [-0.1, -0.05) is 6.07 Å². The fourth-order valence-corrected chi connectivity index (χ4v) is 3.26. The van der Waals surface area contributed by atoms with E-state index in [0.29, 0.717) is 12.2 Å². The summed E-state index contributed by atoms with van der Waals surface area (Å²) in [4.78, 5) is 18.7. The van der Waals surface area contributed by atoms with Crippen LogP contribution in [0.4, 0.5) is 5.69 Å². The molecule has 2 aromatic rings. The van der Waals surface area contributed by atoms with Gasteiger partial charge in [-0.05, 0) is 35.7 Å². The van der Waals surface area contributed by atoms with Crippen LogP contribution in [-0.4, -0.2) is 37.1 Å². The van der Waals surface area contributed by atoms with Gasteiger partial charge in [0.05, 0.1) is 5.92 Å². The standard InChI is InChI=1S/C18H19N3O2/c22-18-16(13-3-5-19-6-4-13)11-14-1-2-15(12-17(14)23-18)21-9-7-20-8-10-21/h1-6,12,16,20H,7-11H2. The van der Waals surface area contributed by atoms with E-state index < -0.39 is 0 Å². The molecule has 5 heteroatoms. The summed E-state index contributed by atoms with van der Waals surface area (Å²) < 4.78 is 5.63. The van der Waals surface area contributed by atoms with Crippen LogP contribution < -0.4 is 15.0 Å². The molecule has 0 bridgehead atoms. The maximum Gasteiger partial charge on any atom is 0.319 e. The van der Waals surface area contributed by atoms with Crippen LogP contribution in [0.1, 0.15) is 17.0 Å². The van der Waals surface area contributed by atoms with Crippen molar-refractivity contribution in [2.75, 3.05) is 31.1 Å². The van der Waals surface area contributed by atoms with E-state index >= 15 is 0 Å². The fraction of sp³-hybridized carbons (Fsp3) is 0.333. The smallest absolute Gasteiger partial charge is 0.319 e. The number of piperazine rings is 1. The summed E-state index contributed by atoms with van der Waals surface area (Å²) in [5.74, 6) is 0.285. The highest BCUT2D eigenvalue weighted by Gasteiger charge is 2.30. The third-order valence-electron chi connectivity index (χ3n) is 4.56. The molecule has 1 unspecified atom stereocenters. The van der Waals surface area contributed by atoms with Gasteiger partial charge in [0.15, 0.2) is 0 Å². The van der Waals surface area contributed by atoms with Crippen molar-refractivity contribution in [2.45, 2.75) is 12.3 Å². The Morgan fingerprint density at radius 2 is 1.91 bits per heavy atom. The number of ether oxygens (including phenoxy) is 1. The van der Waals surface area contributed by atoms with E-state index in [1.165, 1.54) is 0 Å². The molecular weight excluding hydrogens is 290 g/mol. The normalized spacial score (nSPS) is 20.8. The van der Waals surface area contributed by atoms with Crippen LogP contribution in [0.3, 0.4) is 0 Å². The molecule has 0 saturated carbocycles. The third-order valence-corrected chi connectivity index (χ3v) is 4.56. The van der Waals surface area contributed by atoms with Crippen molar-refractivity contribution in [3.63, 3.8) is 0 Å². The first kappa shape index (κ1) is 14.2. The SMILES string of the molecule is O=C1Oc2cc(N3CCNCC3)ccc2CC1c1ccncc1. The van der Waals surface area contributed by atoms with Crippen LogP contribution in [0.2, 0.25) is 0 Å². The number of nitrogens with one attached hydrogen (secondary N) is 1. The van der Waals surface area contributed by atoms with Gasteiger partial charge in [-0.3, -0.25) is 9.78 Å². The number of carbonyl (C=O) groups excluding carboxylic acids is 1. The average Bonchev–Trinajstić information content (AvgIpc) is 2.62. The Morgan fingerprint density at radius 3 is 2.70 bits per heavy atom. The maximum atomic E-state index is 12.4. The predicted octanol–water partition coefficient (Wildman–Crippen LogP) is 1.74. The zero-order chi connectivity index (χ0) is 15.6. The number of benzene rings is 1. The third kappa shape index (κ3) is 2.80. The summed E-state index contributed by atoms with van der Waals surface area (Å²) in [7, 11) is 0. The molecule has 2 aliphatic heterocycles. The van der Waals surface area contributed by atoms with Crippen molar-refractivity contribution in [1.29, 1.82) is 0 Å². The lowest BCUT2D eigenvalue weighted by Gasteiger charge is -2.31. The number of pyridine rings is 1. The highest BCUT2D eigenvalue weighted by molar-refractivity contribution is 5.83. The van der Waals surface area contributed by atoms with Crippen LogP contribution in [0.5, 0.6) is 5.75 Å². The Morgan fingerprint density at radius 1 is 1.13 bits per heavy atom. The van der Waals surface area contributed by atoms with Gasteiger partial charge in [-0.25, -0.2) is 0 Å². The largest absolute Gasteiger partial charge is 0.426 e. The number of esters is 1. The molecule has 1 aromatic carbocycles. The molecule has 0 radical (unpaired) electrons. The van der Waals surface area contributed by atoms with E-state index in [1.807, 2.05) is 18.2 Å². The number of carbonyl (C=O) groups is 1. The van der Waals surface area contributed by atoms with Crippen molar-refractivity contribution >= 4 is 11.7 Å². The second-order valence-corrected chi connectivity index (χ2v) is 5.99. The summed E-state index contributed by atoms with van der Waals surface area (Å²) >= 11 is 0. The first-order valence-electron chi connectivity index (χ1n) is 8.01. The Balaban J connectivity index is 1.60. The molecule has 23 heavy (non-hydrogen) atoms. The molecule has 1 aromatic heterocycles. The van der Waals surface area contributed by atoms with Crippen LogP contribution in [0, 0.1) is 0 Å². The molecule has 118 valence electrons. The Hall–Kier alpha value is -2.40. The van der Waals surface area contributed by atoms with Gasteiger partial charge in [0, 0.05) is 50.3 Å². The highest BCUT2D eigenvalue weighted by Crippen LogP contribution is 2.35. The van der Waals surface area contributed by atoms with E-state index in [9.17, 15) is 4.79 Å². The van der Waals surface area contributed by atoms with Crippen molar-refractivity contribution in [3.05, 3.63) is 53.9 Å². The van der Waals surface area contributed by atoms with Crippen molar-refractivity contribution in [3.8, 4) is 5.75 Å². The summed E-state index contributed by atoms with van der Waals surface area (Å²) in [5.41, 5.74) is 3.17. The molecule has 4 rings (SSSR count). The van der Waals surface area contributed by atoms with Crippen molar-refractivity contribution < 1.29 is 9.53 Å². The molecule has 0 amide bonds. The van der Waals surface area contributed by atoms with E-state index in [0.717, 1.165) is 43.0 Å². The monoisotopic (exact) mass is 309 g/mol. The van der Waals surface area contributed by atoms with E-state index in [4.69, 9.17) is 4.74 Å². The molecule has 5 nitrogen and oxygen atoms in total. The summed E-state index contributed by atoms with van der Waals surface area (Å²) in [5, 5.41) is 3.35. The molecule has 3 heterocycles. The van der Waals surface area contributed by atoms with Gasteiger partial charge in [-0.2, -0.15) is 0 Å². The zero-order valence-electron chi connectivity index (χ0n) is 12.9. The molecule has 0 spiro atoms. The zero-order valence-corrected chi connectivity index (χ0v) is 12.9. The number of hydrogen-bond donors (Lipinski definition) is 1. The summed E-state index contributed by atoms with van der Waals surface area (Å²) in [6.07, 6.45) is 4.11. The molecule has 1 atom stereocenters. The number of nitrogens with zero attached hydrogens (tertiary/aromatic N) is 2. The van der Waals surface area contributed by atoms with Gasteiger partial charge >= 0.3 is 5.97 Å². The molecule has 1 saturated heterocycles. The van der Waals surface area contributed by atoms with E-state index in [2.05, 4.69) is 27.3 Å². The van der Waals surface area contributed by atoms with Gasteiger partial charge < -0.3 is 15.0 Å². The average molecular weight is 309 g/mol. The predicted molar refractivity (Wildman–Crippen MR) is 87.8 cm³/mol. The summed E-state index contributed by atoms with van der Waals surface area (Å²) in [6, 6.07) is 9.99. The molecule has 2 aliphatic rings. The lowest BCUT2D eigenvalue weighted by molar-refractivity contribution is -0.137. The van der Waals surface area contributed by atoms with Gasteiger partial charge in [-0.15, -0.1) is 0 Å². The van der Waals surface area contributed by atoms with Crippen LogP contribution in [0.15, 0.2) is 42.7 Å². The minimum Gasteiger partial charge on any atom is -0.426 e. The lowest BCUT2D eigenvalue weighted by atomic mass is 9.90. The van der Waals surface area contributed by atoms with E-state index in [-0.39, 0.29) is 11.9 Å². The van der Waals surface area contributed by atoms with Crippen molar-refractivity contribution in [1.82, 2.24) is 10.3 Å². The molecule has 1 fully saturated rings. The van der Waals surface area contributed by atoms with Gasteiger partial charge in [0.2, 0.25) is 0 Å². The minimum atomic E-state index is -0.240. The number of anilines is 1. The fourth-order valence-electron chi connectivity index (χ4n) is 3.26. The van der Waals surface area contributed by atoms with Crippen molar-refractivity contribution in [2.24, 2.45) is 0 Å². The highest BCUT2D eigenvalue weighted by atomic mass is 16.5. The Bertz CT molecular complexity index is 711. The number of hydrogen-bond acceptors (Lipinski definition) is 5. The quantitative estimate of drug-likeness (QED) is 0.676. The van der Waals surface area contributed by atoms with Crippen LogP contribution in [-0.2, 0) is 11.2 Å². The first-order valence-corrected chi connectivity index (χ1v) is 8.01. The molecular formula is C18H19N3O2. The number of fused-ring (bicyclic) bond motifs is 1. The molecule has 1 N–H and O–H groups in total. The number of aromatic nitrogens is 1. The lowest BCUT2D eigenvalue weighted by Crippen LogP contribution is -2.43. The second-order valence-electron chi connectivity index (χ2n) is 5.99. The Labute approximate surface area is 135 Å². The van der Waals surface area contributed by atoms with Gasteiger partial charge in [0.1, 0.15) is 5.75 Å². The van der Waals surface area contributed by atoms with Gasteiger partial charge in [0.25, 0.3) is 0 Å². The topological polar surface area (TPSA) is 54.5 Å². The van der Waals surface area contributed by atoms with Crippen LogP contribution in [0.25, 0.3) is 0 Å². The summed E-state index contributed by atoms with van der Waals surface area (Å²) in [6.45, 7) is 3.93. The van der Waals surface area contributed by atoms with Crippen LogP contribution >= 0.6 is 0 Å². The minimum absolute atomic E-state index is 0.179. The second kappa shape index (κ2) is 6.01.